The summed E-state index contributed by atoms with van der Waals surface area (Å²) in [5.41, 5.74) is 1.76. The largest absolute Gasteiger partial charge is 0.327 e. The first-order valence-electron chi connectivity index (χ1n) is 7.83. The van der Waals surface area contributed by atoms with Gasteiger partial charge < -0.3 is 9.88 Å². The summed E-state index contributed by atoms with van der Waals surface area (Å²) < 4.78 is 27.7. The van der Waals surface area contributed by atoms with Crippen LogP contribution in [0.2, 0.25) is 0 Å². The minimum absolute atomic E-state index is 0.00671. The summed E-state index contributed by atoms with van der Waals surface area (Å²) in [6.07, 6.45) is 4.53. The van der Waals surface area contributed by atoms with Gasteiger partial charge in [0, 0.05) is 25.0 Å². The van der Waals surface area contributed by atoms with Gasteiger partial charge in [0.25, 0.3) is 10.0 Å². The molecule has 8 heteroatoms. The predicted octanol–water partition coefficient (Wildman–Crippen LogP) is 1.61. The molecular weight excluding hydrogens is 328 g/mol. The van der Waals surface area contributed by atoms with Crippen molar-refractivity contribution in [2.45, 2.75) is 31.3 Å². The highest BCUT2D eigenvalue weighted by atomic mass is 32.2. The van der Waals surface area contributed by atoms with Crippen molar-refractivity contribution >= 4 is 21.6 Å². The van der Waals surface area contributed by atoms with E-state index in [0.29, 0.717) is 18.8 Å². The summed E-state index contributed by atoms with van der Waals surface area (Å²) in [6, 6.07) is 7.49. The van der Waals surface area contributed by atoms with Crippen LogP contribution in [0.3, 0.4) is 0 Å². The number of aryl methyl sites for hydroxylation is 1. The van der Waals surface area contributed by atoms with E-state index in [1.165, 1.54) is 21.4 Å². The van der Waals surface area contributed by atoms with E-state index in [9.17, 15) is 13.2 Å². The highest BCUT2D eigenvalue weighted by Crippen LogP contribution is 2.19. The smallest absolute Gasteiger partial charge is 0.262 e. The van der Waals surface area contributed by atoms with Crippen LogP contribution in [0.4, 0.5) is 5.69 Å². The van der Waals surface area contributed by atoms with Crippen molar-refractivity contribution in [2.24, 2.45) is 0 Å². The van der Waals surface area contributed by atoms with Crippen LogP contribution in [0.25, 0.3) is 0 Å². The highest BCUT2D eigenvalue weighted by molar-refractivity contribution is 7.89. The molecule has 3 rings (SSSR count). The second-order valence-corrected chi connectivity index (χ2v) is 7.80. The van der Waals surface area contributed by atoms with Crippen LogP contribution < -0.4 is 5.32 Å². The van der Waals surface area contributed by atoms with E-state index in [1.807, 2.05) is 31.2 Å². The van der Waals surface area contributed by atoms with Crippen LogP contribution in [0, 0.1) is 6.92 Å². The predicted molar refractivity (Wildman–Crippen MR) is 90.0 cm³/mol. The molecule has 0 bridgehead atoms. The van der Waals surface area contributed by atoms with Crippen molar-refractivity contribution in [3.63, 3.8) is 0 Å². The topological polar surface area (TPSA) is 84.3 Å². The van der Waals surface area contributed by atoms with E-state index >= 15 is 0 Å². The third-order valence-electron chi connectivity index (χ3n) is 3.91. The molecule has 1 aromatic heterocycles. The van der Waals surface area contributed by atoms with Crippen molar-refractivity contribution < 1.29 is 13.2 Å². The number of benzene rings is 1. The number of sulfonamides is 1. The fourth-order valence-corrected chi connectivity index (χ4v) is 4.16. The lowest BCUT2D eigenvalue weighted by molar-refractivity contribution is -0.116. The third kappa shape index (κ3) is 3.65. The Morgan fingerprint density at radius 1 is 1.29 bits per heavy atom. The number of nitrogens with one attached hydrogen (secondary N) is 1. The molecule has 7 nitrogen and oxygen atoms in total. The second-order valence-electron chi connectivity index (χ2n) is 5.91. The third-order valence-corrected chi connectivity index (χ3v) is 5.69. The minimum Gasteiger partial charge on any atom is -0.327 e. The van der Waals surface area contributed by atoms with Crippen LogP contribution in [0.1, 0.15) is 18.4 Å². The number of carbonyl (C=O) groups excluding carboxylic acids is 1. The Labute approximate surface area is 141 Å². The first-order chi connectivity index (χ1) is 11.4. The zero-order valence-corrected chi connectivity index (χ0v) is 14.3. The molecule has 2 heterocycles. The van der Waals surface area contributed by atoms with Crippen molar-refractivity contribution in [1.82, 2.24) is 13.9 Å². The maximum atomic E-state index is 12.4. The number of nitrogens with zero attached hydrogens (tertiary/aromatic N) is 3. The molecule has 2 aromatic rings. The van der Waals surface area contributed by atoms with Crippen LogP contribution in [0.15, 0.2) is 41.8 Å². The Morgan fingerprint density at radius 3 is 2.75 bits per heavy atom. The van der Waals surface area contributed by atoms with Crippen molar-refractivity contribution in [3.8, 4) is 0 Å². The van der Waals surface area contributed by atoms with E-state index < -0.39 is 10.0 Å². The average Bonchev–Trinajstić information content (AvgIpc) is 3.18. The molecule has 0 saturated carbocycles. The summed E-state index contributed by atoms with van der Waals surface area (Å²) in [4.78, 5) is 16.0. The minimum atomic E-state index is -3.55. The van der Waals surface area contributed by atoms with Gasteiger partial charge in [0.15, 0.2) is 5.03 Å². The highest BCUT2D eigenvalue weighted by Gasteiger charge is 2.29. The van der Waals surface area contributed by atoms with Gasteiger partial charge in [-0.3, -0.25) is 4.79 Å². The molecule has 1 fully saturated rings. The molecule has 0 radical (unpaired) electrons. The van der Waals surface area contributed by atoms with Crippen molar-refractivity contribution in [1.29, 1.82) is 0 Å². The van der Waals surface area contributed by atoms with Crippen LogP contribution in [-0.4, -0.2) is 41.3 Å². The van der Waals surface area contributed by atoms with Crippen LogP contribution in [-0.2, 0) is 21.4 Å². The maximum Gasteiger partial charge on any atom is 0.262 e. The normalized spacial score (nSPS) is 15.5. The molecule has 0 spiro atoms. The monoisotopic (exact) mass is 348 g/mol. The zero-order valence-electron chi connectivity index (χ0n) is 13.5. The standard InChI is InChI=1S/C16H20N4O3S/c1-13-5-4-6-14(9-13)18-15(21)10-19-11-16(17-12-19)24(22,23)20-7-2-3-8-20/h4-6,9,11-12H,2-3,7-8,10H2,1H3,(H,18,21). The number of aromatic nitrogens is 2. The number of amides is 1. The Balaban J connectivity index is 1.66. The Hall–Kier alpha value is -2.19. The molecule has 0 atom stereocenters. The second kappa shape index (κ2) is 6.74. The molecule has 1 amide bonds. The SMILES string of the molecule is Cc1cccc(NC(=O)Cn2cnc(S(=O)(=O)N3CCCC3)c2)c1. The number of hydrogen-bond donors (Lipinski definition) is 1. The number of carbonyl (C=O) groups is 1. The quantitative estimate of drug-likeness (QED) is 0.890. The first-order valence-corrected chi connectivity index (χ1v) is 9.27. The summed E-state index contributed by atoms with van der Waals surface area (Å²) in [5, 5.41) is 2.78. The molecule has 0 unspecified atom stereocenters. The lowest BCUT2D eigenvalue weighted by Crippen LogP contribution is -2.28. The summed E-state index contributed by atoms with van der Waals surface area (Å²) in [7, 11) is -3.55. The van der Waals surface area contributed by atoms with Crippen molar-refractivity contribution in [2.75, 3.05) is 18.4 Å². The van der Waals surface area contributed by atoms with Crippen molar-refractivity contribution in [3.05, 3.63) is 42.4 Å². The molecule has 0 aliphatic carbocycles. The molecule has 128 valence electrons. The summed E-state index contributed by atoms with van der Waals surface area (Å²) in [6.45, 7) is 3.02. The molecule has 1 aliphatic rings. The molecule has 1 aromatic carbocycles. The number of imidazole rings is 1. The van der Waals surface area contributed by atoms with Crippen LogP contribution in [0.5, 0.6) is 0 Å². The summed E-state index contributed by atoms with van der Waals surface area (Å²) in [5.74, 6) is -0.233. The van der Waals surface area contributed by atoms with Gasteiger partial charge in [0.1, 0.15) is 6.54 Å². The zero-order chi connectivity index (χ0) is 17.2. The van der Waals surface area contributed by atoms with E-state index in [1.54, 1.807) is 0 Å². The summed E-state index contributed by atoms with van der Waals surface area (Å²) >= 11 is 0. The molecular formula is C16H20N4O3S. The van der Waals surface area contributed by atoms with Gasteiger partial charge in [-0.05, 0) is 37.5 Å². The van der Waals surface area contributed by atoms with Gasteiger partial charge in [-0.25, -0.2) is 13.4 Å². The Kier molecular flexibility index (Phi) is 4.68. The molecule has 24 heavy (non-hydrogen) atoms. The Morgan fingerprint density at radius 2 is 2.04 bits per heavy atom. The average molecular weight is 348 g/mol. The van der Waals surface area contributed by atoms with E-state index in [4.69, 9.17) is 0 Å². The number of hydrogen-bond acceptors (Lipinski definition) is 4. The fourth-order valence-electron chi connectivity index (χ4n) is 2.71. The van der Waals surface area contributed by atoms with Gasteiger partial charge in [-0.1, -0.05) is 12.1 Å². The molecule has 1 aliphatic heterocycles. The molecule has 1 saturated heterocycles. The van der Waals surface area contributed by atoms with E-state index in [0.717, 1.165) is 18.4 Å². The number of rotatable bonds is 5. The number of anilines is 1. The van der Waals surface area contributed by atoms with Gasteiger partial charge in [-0.15, -0.1) is 0 Å². The van der Waals surface area contributed by atoms with Gasteiger partial charge in [0.05, 0.1) is 6.33 Å². The van der Waals surface area contributed by atoms with Gasteiger partial charge in [-0.2, -0.15) is 4.31 Å². The first kappa shape index (κ1) is 16.7. The Bertz CT molecular complexity index is 839. The van der Waals surface area contributed by atoms with E-state index in [2.05, 4.69) is 10.3 Å². The lowest BCUT2D eigenvalue weighted by Gasteiger charge is -2.12. The van der Waals surface area contributed by atoms with E-state index in [-0.39, 0.29) is 17.5 Å². The van der Waals surface area contributed by atoms with Gasteiger partial charge in [0.2, 0.25) is 5.91 Å². The fraction of sp³-hybridized carbons (Fsp3) is 0.375. The van der Waals surface area contributed by atoms with Gasteiger partial charge >= 0.3 is 0 Å². The lowest BCUT2D eigenvalue weighted by atomic mass is 10.2. The van der Waals surface area contributed by atoms with Crippen LogP contribution >= 0.6 is 0 Å². The maximum absolute atomic E-state index is 12.4. The molecule has 1 N–H and O–H groups in total.